The number of halogens is 1. The van der Waals surface area contributed by atoms with E-state index in [4.69, 9.17) is 14.2 Å². The van der Waals surface area contributed by atoms with E-state index in [0.29, 0.717) is 36.5 Å². The van der Waals surface area contributed by atoms with Crippen LogP contribution in [0.2, 0.25) is 0 Å². The van der Waals surface area contributed by atoms with Crippen LogP contribution in [0.15, 0.2) is 46.8 Å². The number of ether oxygens (including phenoxy) is 3. The number of anilines is 2. The monoisotopic (exact) mass is 604 g/mol. The molecule has 0 aliphatic carbocycles. The Morgan fingerprint density at radius 1 is 0.930 bits per heavy atom. The minimum absolute atomic E-state index is 0.0107. The Bertz CT molecular complexity index is 1380. The Kier molecular flexibility index (Phi) is 12.9. The maximum absolute atomic E-state index is 14.3. The Hall–Kier alpha value is -5.15. The fourth-order valence-electron chi connectivity index (χ4n) is 3.53. The van der Waals surface area contributed by atoms with Gasteiger partial charge in [0.05, 0.1) is 53.2 Å². The second-order valence-electron chi connectivity index (χ2n) is 8.75. The van der Waals surface area contributed by atoms with Crippen LogP contribution in [0.5, 0.6) is 5.75 Å². The molecule has 1 amide bonds. The quantitative estimate of drug-likeness (QED) is 0.0724. The molecule has 0 bridgehead atoms. The van der Waals surface area contributed by atoms with Crippen LogP contribution >= 0.6 is 0 Å². The molecule has 0 atom stereocenters. The zero-order chi connectivity index (χ0) is 32.1. The van der Waals surface area contributed by atoms with Gasteiger partial charge >= 0.3 is 17.3 Å². The number of carbonyl (C=O) groups is 2. The van der Waals surface area contributed by atoms with Gasteiger partial charge in [-0.25, -0.2) is 0 Å². The van der Waals surface area contributed by atoms with E-state index in [-0.39, 0.29) is 55.7 Å². The van der Waals surface area contributed by atoms with Gasteiger partial charge in [-0.05, 0) is 6.07 Å². The van der Waals surface area contributed by atoms with Crippen LogP contribution in [-0.4, -0.2) is 55.1 Å². The number of benzene rings is 2. The SMILES string of the molecule is C=C(CC)OCCN(CCOC(=O)CC)c1cc(NC(=O)CC)c(N=Nc2cc(F)c([N+](=O)[O-])cc2[N+](=O)[O-])cc1OC. The number of hydrogen-bond acceptors (Lipinski definition) is 12. The second kappa shape index (κ2) is 16.3. The van der Waals surface area contributed by atoms with Crippen molar-refractivity contribution in [2.75, 3.05) is 43.6 Å². The molecule has 2 aromatic carbocycles. The summed E-state index contributed by atoms with van der Waals surface area (Å²) in [4.78, 5) is 46.4. The summed E-state index contributed by atoms with van der Waals surface area (Å²) in [7, 11) is 1.38. The summed E-state index contributed by atoms with van der Waals surface area (Å²) in [6.07, 6.45) is 0.911. The lowest BCUT2D eigenvalue weighted by atomic mass is 10.2. The van der Waals surface area contributed by atoms with Gasteiger partial charge in [0, 0.05) is 31.4 Å². The molecular weight excluding hydrogens is 571 g/mol. The number of methoxy groups -OCH3 is 1. The molecule has 0 spiro atoms. The smallest absolute Gasteiger partial charge is 0.311 e. The summed E-state index contributed by atoms with van der Waals surface area (Å²) in [6, 6.07) is 3.90. The Labute approximate surface area is 246 Å². The number of nitrogens with one attached hydrogen (secondary N) is 1. The fraction of sp³-hybridized carbons (Fsp3) is 0.407. The van der Waals surface area contributed by atoms with Crippen molar-refractivity contribution >= 4 is 46.0 Å². The third-order valence-electron chi connectivity index (χ3n) is 5.91. The standard InChI is InChI=1S/C27H33FN6O9/c1-6-17(4)42-11-9-32(10-12-43-27(36)8-3)24-14-19(29-26(35)7-2)20(15-25(24)41-5)30-31-21-13-18(28)22(33(37)38)16-23(21)34(39)40/h13-16H,4,6-12H2,1-3,5H3,(H,29,35). The van der Waals surface area contributed by atoms with E-state index in [1.54, 1.807) is 18.7 Å². The van der Waals surface area contributed by atoms with Crippen molar-refractivity contribution in [3.05, 3.63) is 62.6 Å². The Balaban J connectivity index is 2.61. The first-order chi connectivity index (χ1) is 20.4. The second-order valence-corrected chi connectivity index (χ2v) is 8.75. The molecule has 0 fully saturated rings. The van der Waals surface area contributed by atoms with Gasteiger partial charge in [0.2, 0.25) is 11.7 Å². The van der Waals surface area contributed by atoms with Crippen LogP contribution in [0.3, 0.4) is 0 Å². The number of azo groups is 1. The van der Waals surface area contributed by atoms with Crippen molar-refractivity contribution in [1.29, 1.82) is 0 Å². The van der Waals surface area contributed by atoms with Gasteiger partial charge in [-0.1, -0.05) is 27.4 Å². The first kappa shape index (κ1) is 34.1. The van der Waals surface area contributed by atoms with E-state index in [9.17, 15) is 34.2 Å². The lowest BCUT2D eigenvalue weighted by Gasteiger charge is -2.27. The first-order valence-corrected chi connectivity index (χ1v) is 13.2. The molecule has 16 heteroatoms. The van der Waals surface area contributed by atoms with Gasteiger partial charge in [-0.3, -0.25) is 29.8 Å². The molecule has 0 aromatic heterocycles. The number of nitrogens with zero attached hydrogens (tertiary/aromatic N) is 5. The minimum atomic E-state index is -1.34. The highest BCUT2D eigenvalue weighted by atomic mass is 19.1. The summed E-state index contributed by atoms with van der Waals surface area (Å²) in [5.74, 6) is -1.31. The van der Waals surface area contributed by atoms with Crippen molar-refractivity contribution in [3.8, 4) is 5.75 Å². The zero-order valence-corrected chi connectivity index (χ0v) is 24.3. The Morgan fingerprint density at radius 2 is 1.56 bits per heavy atom. The molecule has 0 aliphatic rings. The Morgan fingerprint density at radius 3 is 2.12 bits per heavy atom. The normalized spacial score (nSPS) is 10.7. The number of esters is 1. The molecule has 0 saturated carbocycles. The number of allylic oxidation sites excluding steroid dienone is 1. The summed E-state index contributed by atoms with van der Waals surface area (Å²) < 4.78 is 30.7. The van der Waals surface area contributed by atoms with Crippen molar-refractivity contribution in [3.63, 3.8) is 0 Å². The molecule has 2 aromatic rings. The fourth-order valence-corrected chi connectivity index (χ4v) is 3.53. The van der Waals surface area contributed by atoms with E-state index in [1.165, 1.54) is 19.2 Å². The van der Waals surface area contributed by atoms with Crippen LogP contribution in [-0.2, 0) is 19.1 Å². The minimum Gasteiger partial charge on any atom is -0.497 e. The number of nitro groups is 2. The van der Waals surface area contributed by atoms with Gasteiger partial charge in [-0.2, -0.15) is 4.39 Å². The number of amides is 1. The molecule has 232 valence electrons. The predicted molar refractivity (Wildman–Crippen MR) is 155 cm³/mol. The summed E-state index contributed by atoms with van der Waals surface area (Å²) in [5.41, 5.74) is -1.95. The lowest BCUT2D eigenvalue weighted by Crippen LogP contribution is -2.32. The van der Waals surface area contributed by atoms with E-state index < -0.39 is 38.6 Å². The molecule has 1 N–H and O–H groups in total. The molecule has 0 radical (unpaired) electrons. The molecule has 0 unspecified atom stereocenters. The van der Waals surface area contributed by atoms with E-state index in [1.807, 2.05) is 6.92 Å². The summed E-state index contributed by atoms with van der Waals surface area (Å²) in [5, 5.41) is 33.0. The van der Waals surface area contributed by atoms with Gasteiger partial charge in [0.1, 0.15) is 24.7 Å². The maximum Gasteiger partial charge on any atom is 0.311 e. The largest absolute Gasteiger partial charge is 0.497 e. The van der Waals surface area contributed by atoms with E-state index in [2.05, 4.69) is 22.1 Å². The average Bonchev–Trinajstić information content (AvgIpc) is 2.98. The molecular formula is C27H33FN6O9. The van der Waals surface area contributed by atoms with E-state index in [0.717, 1.165) is 0 Å². The topological polar surface area (TPSA) is 188 Å². The number of rotatable bonds is 17. The van der Waals surface area contributed by atoms with Gasteiger partial charge in [0.15, 0.2) is 5.69 Å². The van der Waals surface area contributed by atoms with Crippen molar-refractivity contribution in [2.24, 2.45) is 10.2 Å². The highest BCUT2D eigenvalue weighted by Crippen LogP contribution is 2.41. The zero-order valence-electron chi connectivity index (χ0n) is 24.3. The van der Waals surface area contributed by atoms with Crippen LogP contribution < -0.4 is 15.0 Å². The van der Waals surface area contributed by atoms with Crippen LogP contribution in [0, 0.1) is 26.0 Å². The highest BCUT2D eigenvalue weighted by Gasteiger charge is 2.25. The molecule has 0 saturated heterocycles. The number of carbonyl (C=O) groups excluding carboxylic acids is 2. The van der Waals surface area contributed by atoms with Crippen LogP contribution in [0.4, 0.5) is 38.5 Å². The van der Waals surface area contributed by atoms with Gasteiger partial charge < -0.3 is 24.4 Å². The maximum atomic E-state index is 14.3. The third-order valence-corrected chi connectivity index (χ3v) is 5.91. The van der Waals surface area contributed by atoms with Gasteiger partial charge in [-0.15, -0.1) is 10.2 Å². The van der Waals surface area contributed by atoms with Crippen molar-refractivity contribution < 1.29 is 38.0 Å². The van der Waals surface area contributed by atoms with Crippen LogP contribution in [0.25, 0.3) is 0 Å². The molecule has 0 aliphatic heterocycles. The van der Waals surface area contributed by atoms with E-state index >= 15 is 0 Å². The number of hydrogen-bond donors (Lipinski definition) is 1. The molecule has 0 heterocycles. The number of nitro benzene ring substituents is 2. The lowest BCUT2D eigenvalue weighted by molar-refractivity contribution is -0.395. The molecule has 2 rings (SSSR count). The summed E-state index contributed by atoms with van der Waals surface area (Å²) in [6.45, 7) is 9.79. The first-order valence-electron chi connectivity index (χ1n) is 13.2. The van der Waals surface area contributed by atoms with Crippen LogP contribution in [0.1, 0.15) is 40.0 Å². The molecule has 15 nitrogen and oxygen atoms in total. The predicted octanol–water partition coefficient (Wildman–Crippen LogP) is 6.11. The third kappa shape index (κ3) is 9.72. The summed E-state index contributed by atoms with van der Waals surface area (Å²) >= 11 is 0. The average molecular weight is 605 g/mol. The van der Waals surface area contributed by atoms with Crippen molar-refractivity contribution in [1.82, 2.24) is 0 Å². The van der Waals surface area contributed by atoms with Crippen molar-refractivity contribution in [2.45, 2.75) is 40.0 Å². The molecule has 43 heavy (non-hydrogen) atoms. The highest BCUT2D eigenvalue weighted by molar-refractivity contribution is 5.95. The van der Waals surface area contributed by atoms with Gasteiger partial charge in [0.25, 0.3) is 0 Å².